The molecule has 0 radical (unpaired) electrons. The lowest BCUT2D eigenvalue weighted by Crippen LogP contribution is -2.36. The van der Waals surface area contributed by atoms with Crippen molar-refractivity contribution in [2.75, 3.05) is 24.7 Å². The molecule has 0 aliphatic carbocycles. The van der Waals surface area contributed by atoms with Crippen LogP contribution in [0.1, 0.15) is 17.9 Å². The molecule has 10 heteroatoms. The van der Waals surface area contributed by atoms with Gasteiger partial charge in [0.15, 0.2) is 0 Å². The monoisotopic (exact) mass is 362 g/mol. The topological polar surface area (TPSA) is 111 Å². The summed E-state index contributed by atoms with van der Waals surface area (Å²) < 4.78 is 6.79. The minimum atomic E-state index is -0.527. The van der Waals surface area contributed by atoms with Gasteiger partial charge in [0, 0.05) is 31.5 Å². The third kappa shape index (κ3) is 3.90. The van der Waals surface area contributed by atoms with Gasteiger partial charge in [0.1, 0.15) is 5.75 Å². The summed E-state index contributed by atoms with van der Waals surface area (Å²) in [5, 5.41) is 17.5. The summed E-state index contributed by atoms with van der Waals surface area (Å²) in [7, 11) is 3.32. The number of carbonyl (C=O) groups is 2. The maximum Gasteiger partial charge on any atom is 0.228 e. The first kappa shape index (κ1) is 17.2. The second-order valence-electron chi connectivity index (χ2n) is 5.48. The van der Waals surface area contributed by atoms with E-state index in [0.717, 1.165) is 5.56 Å². The lowest BCUT2D eigenvalue weighted by molar-refractivity contribution is -0.126. The van der Waals surface area contributed by atoms with Gasteiger partial charge in [-0.3, -0.25) is 9.59 Å². The predicted octanol–water partition coefficient (Wildman–Crippen LogP) is 0.553. The van der Waals surface area contributed by atoms with E-state index in [1.165, 1.54) is 11.8 Å². The quantitative estimate of drug-likeness (QED) is 0.570. The fourth-order valence-electron chi connectivity index (χ4n) is 2.58. The highest BCUT2D eigenvalue weighted by Crippen LogP contribution is 2.35. The van der Waals surface area contributed by atoms with Gasteiger partial charge < -0.3 is 15.4 Å². The molecule has 0 spiro atoms. The lowest BCUT2D eigenvalue weighted by atomic mass is 9.89. The molecule has 0 saturated carbocycles. The van der Waals surface area contributed by atoms with Gasteiger partial charge in [0.05, 0.1) is 13.0 Å². The van der Waals surface area contributed by atoms with E-state index in [1.54, 1.807) is 37.0 Å². The van der Waals surface area contributed by atoms with Gasteiger partial charge in [-0.15, -0.1) is 5.10 Å². The van der Waals surface area contributed by atoms with Crippen molar-refractivity contribution in [3.63, 3.8) is 0 Å². The average Bonchev–Trinajstić information content (AvgIpc) is 3.02. The molecule has 0 unspecified atom stereocenters. The summed E-state index contributed by atoms with van der Waals surface area (Å²) >= 11 is 1.45. The van der Waals surface area contributed by atoms with Crippen LogP contribution in [0.3, 0.4) is 0 Å². The number of nitrogens with one attached hydrogen (secondary N) is 2. The van der Waals surface area contributed by atoms with Crippen molar-refractivity contribution < 1.29 is 14.3 Å². The third-order valence-corrected chi connectivity index (χ3v) is 4.84. The Bertz CT molecular complexity index is 793. The van der Waals surface area contributed by atoms with Crippen LogP contribution in [-0.2, 0) is 16.6 Å². The second kappa shape index (κ2) is 7.51. The van der Waals surface area contributed by atoms with Crippen molar-refractivity contribution in [2.45, 2.75) is 17.5 Å². The number of amides is 2. The summed E-state index contributed by atoms with van der Waals surface area (Å²) in [6.45, 7) is 0.452. The highest BCUT2D eigenvalue weighted by molar-refractivity contribution is 7.99. The SMILES string of the molecule is COc1ccc2c(c1)[C@H](C(=O)NCCSc1nnnn1C)CC(=O)N2. The molecule has 132 valence electrons. The summed E-state index contributed by atoms with van der Waals surface area (Å²) in [6, 6.07) is 5.30. The van der Waals surface area contributed by atoms with E-state index in [0.29, 0.717) is 28.9 Å². The first-order valence-corrected chi connectivity index (χ1v) is 8.67. The van der Waals surface area contributed by atoms with Gasteiger partial charge in [-0.25, -0.2) is 4.68 Å². The first-order valence-electron chi connectivity index (χ1n) is 7.69. The van der Waals surface area contributed by atoms with Gasteiger partial charge >= 0.3 is 0 Å². The Balaban J connectivity index is 1.62. The minimum Gasteiger partial charge on any atom is -0.497 e. The van der Waals surface area contributed by atoms with Crippen LogP contribution in [0, 0.1) is 0 Å². The summed E-state index contributed by atoms with van der Waals surface area (Å²) in [5.74, 6) is 0.404. The number of methoxy groups -OCH3 is 1. The average molecular weight is 362 g/mol. The Morgan fingerprint density at radius 2 is 2.36 bits per heavy atom. The van der Waals surface area contributed by atoms with Gasteiger partial charge in [-0.1, -0.05) is 11.8 Å². The van der Waals surface area contributed by atoms with E-state index >= 15 is 0 Å². The standard InChI is InChI=1S/C15H18N6O3S/c1-21-15(18-19-20-21)25-6-5-16-14(23)11-8-13(22)17-12-4-3-9(24-2)7-10(11)12/h3-4,7,11H,5-6,8H2,1-2H3,(H,16,23)(H,17,22)/t11-/m1/s1. The molecule has 25 heavy (non-hydrogen) atoms. The molecule has 0 saturated heterocycles. The predicted molar refractivity (Wildman–Crippen MR) is 91.5 cm³/mol. The van der Waals surface area contributed by atoms with E-state index in [-0.39, 0.29) is 18.2 Å². The molecule has 1 aliphatic rings. The van der Waals surface area contributed by atoms with Gasteiger partial charge in [0.25, 0.3) is 0 Å². The highest BCUT2D eigenvalue weighted by Gasteiger charge is 2.30. The fraction of sp³-hybridized carbons (Fsp3) is 0.400. The number of hydrogen-bond donors (Lipinski definition) is 2. The molecule has 2 heterocycles. The van der Waals surface area contributed by atoms with Gasteiger partial charge in [-0.2, -0.15) is 0 Å². The summed E-state index contributed by atoms with van der Waals surface area (Å²) in [4.78, 5) is 24.4. The van der Waals surface area contributed by atoms with Crippen molar-refractivity contribution in [3.05, 3.63) is 23.8 Å². The van der Waals surface area contributed by atoms with Crippen molar-refractivity contribution in [2.24, 2.45) is 7.05 Å². The number of rotatable bonds is 6. The Kier molecular flexibility index (Phi) is 5.17. The summed E-state index contributed by atoms with van der Waals surface area (Å²) in [5.41, 5.74) is 1.42. The van der Waals surface area contributed by atoms with E-state index in [9.17, 15) is 9.59 Å². The van der Waals surface area contributed by atoms with Crippen LogP contribution in [0.2, 0.25) is 0 Å². The largest absolute Gasteiger partial charge is 0.497 e. The Labute approximate surface area is 148 Å². The van der Waals surface area contributed by atoms with E-state index < -0.39 is 5.92 Å². The van der Waals surface area contributed by atoms with Crippen molar-refractivity contribution in [3.8, 4) is 5.75 Å². The molecule has 3 rings (SSSR count). The number of thioether (sulfide) groups is 1. The van der Waals surface area contributed by atoms with Gasteiger partial charge in [0.2, 0.25) is 17.0 Å². The number of fused-ring (bicyclic) bond motifs is 1. The zero-order valence-electron chi connectivity index (χ0n) is 13.9. The first-order chi connectivity index (χ1) is 12.1. The van der Waals surface area contributed by atoms with Crippen LogP contribution in [-0.4, -0.2) is 51.4 Å². The molecule has 1 aromatic carbocycles. The molecule has 2 aromatic rings. The fourth-order valence-corrected chi connectivity index (χ4v) is 3.29. The number of ether oxygens (including phenoxy) is 1. The normalized spacial score (nSPS) is 16.1. The van der Waals surface area contributed by atoms with Crippen molar-refractivity contribution in [1.29, 1.82) is 0 Å². The van der Waals surface area contributed by atoms with Crippen LogP contribution in [0.25, 0.3) is 0 Å². The van der Waals surface area contributed by atoms with E-state index in [1.807, 2.05) is 0 Å². The summed E-state index contributed by atoms with van der Waals surface area (Å²) in [6.07, 6.45) is 0.117. The zero-order valence-corrected chi connectivity index (χ0v) is 14.7. The number of aromatic nitrogens is 4. The van der Waals surface area contributed by atoms with Crippen molar-refractivity contribution in [1.82, 2.24) is 25.5 Å². The van der Waals surface area contributed by atoms with Crippen LogP contribution in [0.15, 0.2) is 23.4 Å². The molecule has 0 bridgehead atoms. The third-order valence-electron chi connectivity index (χ3n) is 3.83. The molecule has 9 nitrogen and oxygen atoms in total. The number of tetrazole rings is 1. The van der Waals surface area contributed by atoms with Crippen LogP contribution in [0.5, 0.6) is 5.75 Å². The molecular weight excluding hydrogens is 344 g/mol. The van der Waals surface area contributed by atoms with E-state index in [4.69, 9.17) is 4.74 Å². The number of aryl methyl sites for hydroxylation is 1. The Hall–Kier alpha value is -2.62. The van der Waals surface area contributed by atoms with Crippen molar-refractivity contribution >= 4 is 29.3 Å². The number of nitrogens with zero attached hydrogens (tertiary/aromatic N) is 4. The number of benzene rings is 1. The van der Waals surface area contributed by atoms with Crippen LogP contribution < -0.4 is 15.4 Å². The van der Waals surface area contributed by atoms with Gasteiger partial charge in [-0.05, 0) is 34.2 Å². The number of hydrogen-bond acceptors (Lipinski definition) is 7. The zero-order chi connectivity index (χ0) is 17.8. The smallest absolute Gasteiger partial charge is 0.228 e. The van der Waals surface area contributed by atoms with E-state index in [2.05, 4.69) is 26.2 Å². The minimum absolute atomic E-state index is 0.117. The maximum atomic E-state index is 12.5. The molecular formula is C15H18N6O3S. The number of anilines is 1. The molecule has 1 aliphatic heterocycles. The second-order valence-corrected chi connectivity index (χ2v) is 6.54. The molecule has 0 fully saturated rings. The van der Waals surface area contributed by atoms with Crippen LogP contribution in [0.4, 0.5) is 5.69 Å². The lowest BCUT2D eigenvalue weighted by Gasteiger charge is -2.25. The highest BCUT2D eigenvalue weighted by atomic mass is 32.2. The van der Waals surface area contributed by atoms with Crippen LogP contribution >= 0.6 is 11.8 Å². The number of carbonyl (C=O) groups excluding carboxylic acids is 2. The molecule has 1 atom stereocenters. The Morgan fingerprint density at radius 3 is 3.08 bits per heavy atom. The Morgan fingerprint density at radius 1 is 1.52 bits per heavy atom. The molecule has 1 aromatic heterocycles. The molecule has 2 amide bonds. The maximum absolute atomic E-state index is 12.5. The molecule has 2 N–H and O–H groups in total.